The molecule has 4 rings (SSSR count). The lowest BCUT2D eigenvalue weighted by Crippen LogP contribution is -2.46. The summed E-state index contributed by atoms with van der Waals surface area (Å²) in [5.74, 6) is -2.81. The van der Waals surface area contributed by atoms with E-state index >= 15 is 0 Å². The van der Waals surface area contributed by atoms with Gasteiger partial charge in [-0.1, -0.05) is 41.4 Å². The number of nitrogens with zero attached hydrogens (tertiary/aromatic N) is 3. The van der Waals surface area contributed by atoms with E-state index in [0.29, 0.717) is 5.69 Å². The van der Waals surface area contributed by atoms with Gasteiger partial charge in [-0.05, 0) is 35.9 Å². The molecule has 0 amide bonds. The molecule has 2 heterocycles. The minimum absolute atomic E-state index is 0.158. The number of nitriles is 1. The summed E-state index contributed by atoms with van der Waals surface area (Å²) in [5.41, 5.74) is 5.34. The zero-order valence-electron chi connectivity index (χ0n) is 15.1. The van der Waals surface area contributed by atoms with Crippen molar-refractivity contribution in [3.63, 3.8) is 0 Å². The monoisotopic (exact) mass is 452 g/mol. The second-order valence-corrected chi connectivity index (χ2v) is 7.57. The molecule has 0 unspecified atom stereocenters. The van der Waals surface area contributed by atoms with Crippen LogP contribution in [-0.4, -0.2) is 18.1 Å². The van der Waals surface area contributed by atoms with Crippen LogP contribution in [0.4, 0.5) is 18.9 Å². The van der Waals surface area contributed by atoms with Gasteiger partial charge in [0.1, 0.15) is 6.07 Å². The molecular formula is C20H13Cl2F3N4O. The quantitative estimate of drug-likeness (QED) is 0.680. The molecule has 0 saturated heterocycles. The lowest BCUT2D eigenvalue weighted by molar-refractivity contribution is -0.0658. The second-order valence-electron chi connectivity index (χ2n) is 6.73. The first-order valence-corrected chi connectivity index (χ1v) is 9.49. The van der Waals surface area contributed by atoms with Crippen molar-refractivity contribution >= 4 is 34.6 Å². The van der Waals surface area contributed by atoms with Crippen molar-refractivity contribution in [2.24, 2.45) is 16.8 Å². The van der Waals surface area contributed by atoms with E-state index in [1.807, 2.05) is 6.07 Å². The standard InChI is InChI=1S/C20H13Cl2F3N4O/c21-10-6-7-14(22)12(8-10)15-13(9-26)18(27)30-19-16(15)17(20(23,24)25)28-29(19)11-4-2-1-3-5-11/h1-8,15-16,19H,27H2/t15-,16-,19+/m0/s1. The van der Waals surface area contributed by atoms with Crippen LogP contribution in [0.3, 0.4) is 0 Å². The molecule has 2 aromatic rings. The summed E-state index contributed by atoms with van der Waals surface area (Å²) >= 11 is 12.4. The van der Waals surface area contributed by atoms with Crippen molar-refractivity contribution in [2.75, 3.05) is 5.01 Å². The molecule has 10 heteroatoms. The van der Waals surface area contributed by atoms with Crippen LogP contribution in [0, 0.1) is 17.2 Å². The lowest BCUT2D eigenvalue weighted by Gasteiger charge is -2.37. The zero-order valence-corrected chi connectivity index (χ0v) is 16.6. The molecule has 0 saturated carbocycles. The maximum atomic E-state index is 14.0. The highest BCUT2D eigenvalue weighted by Crippen LogP contribution is 2.50. The highest BCUT2D eigenvalue weighted by molar-refractivity contribution is 6.33. The zero-order chi connectivity index (χ0) is 21.6. The Morgan fingerprint density at radius 3 is 2.47 bits per heavy atom. The third-order valence-electron chi connectivity index (χ3n) is 4.99. The van der Waals surface area contributed by atoms with Crippen molar-refractivity contribution in [3.8, 4) is 6.07 Å². The number of allylic oxidation sites excluding steroid dienone is 1. The van der Waals surface area contributed by atoms with Gasteiger partial charge in [-0.3, -0.25) is 0 Å². The number of nitrogens with two attached hydrogens (primary N) is 1. The molecule has 5 nitrogen and oxygen atoms in total. The second kappa shape index (κ2) is 7.42. The Labute approximate surface area is 179 Å². The number of benzene rings is 2. The molecule has 2 N–H and O–H groups in total. The van der Waals surface area contributed by atoms with Gasteiger partial charge in [0.25, 0.3) is 0 Å². The predicted molar refractivity (Wildman–Crippen MR) is 107 cm³/mol. The van der Waals surface area contributed by atoms with Crippen LogP contribution in [0.2, 0.25) is 10.0 Å². The number of anilines is 1. The fourth-order valence-electron chi connectivity index (χ4n) is 3.76. The Hall–Kier alpha value is -2.89. The van der Waals surface area contributed by atoms with Crippen molar-refractivity contribution in [1.29, 1.82) is 5.26 Å². The van der Waals surface area contributed by atoms with Gasteiger partial charge >= 0.3 is 6.18 Å². The van der Waals surface area contributed by atoms with Gasteiger partial charge in [0, 0.05) is 16.0 Å². The summed E-state index contributed by atoms with van der Waals surface area (Å²) in [7, 11) is 0. The molecule has 0 radical (unpaired) electrons. The largest absolute Gasteiger partial charge is 0.452 e. The average Bonchev–Trinajstić information content (AvgIpc) is 3.09. The number of hydrogen-bond donors (Lipinski definition) is 1. The summed E-state index contributed by atoms with van der Waals surface area (Å²) in [5, 5.41) is 15.0. The van der Waals surface area contributed by atoms with Gasteiger partial charge in [-0.2, -0.15) is 23.5 Å². The van der Waals surface area contributed by atoms with E-state index in [2.05, 4.69) is 5.10 Å². The van der Waals surface area contributed by atoms with E-state index < -0.39 is 30.0 Å². The molecule has 0 aliphatic carbocycles. The number of para-hydroxylation sites is 1. The topological polar surface area (TPSA) is 74.6 Å². The normalized spacial score (nSPS) is 23.5. The maximum Gasteiger partial charge on any atom is 0.431 e. The first-order chi connectivity index (χ1) is 14.2. The van der Waals surface area contributed by atoms with Crippen molar-refractivity contribution in [3.05, 3.63) is 75.6 Å². The van der Waals surface area contributed by atoms with E-state index in [4.69, 9.17) is 33.7 Å². The molecular weight excluding hydrogens is 440 g/mol. The van der Waals surface area contributed by atoms with Crippen LogP contribution in [0.5, 0.6) is 0 Å². The van der Waals surface area contributed by atoms with E-state index in [1.54, 1.807) is 30.3 Å². The first-order valence-electron chi connectivity index (χ1n) is 8.73. The number of hydrogen-bond acceptors (Lipinski definition) is 5. The van der Waals surface area contributed by atoms with Gasteiger partial charge in [0.2, 0.25) is 12.1 Å². The first kappa shape index (κ1) is 20.4. The summed E-state index contributed by atoms with van der Waals surface area (Å²) in [4.78, 5) is 0. The number of alkyl halides is 3. The highest BCUT2D eigenvalue weighted by atomic mass is 35.5. The fourth-order valence-corrected chi connectivity index (χ4v) is 4.17. The minimum atomic E-state index is -4.77. The van der Waals surface area contributed by atoms with Crippen LogP contribution in [0.1, 0.15) is 11.5 Å². The summed E-state index contributed by atoms with van der Waals surface area (Å²) in [6.07, 6.45) is -5.99. The third-order valence-corrected chi connectivity index (χ3v) is 5.57. The van der Waals surface area contributed by atoms with Gasteiger partial charge in [-0.15, -0.1) is 0 Å². The Morgan fingerprint density at radius 1 is 1.13 bits per heavy atom. The van der Waals surface area contributed by atoms with E-state index in [-0.39, 0.29) is 27.1 Å². The van der Waals surface area contributed by atoms with Crippen molar-refractivity contribution in [2.45, 2.75) is 18.3 Å². The van der Waals surface area contributed by atoms with Crippen LogP contribution in [0.15, 0.2) is 65.1 Å². The molecule has 0 bridgehead atoms. The predicted octanol–water partition coefficient (Wildman–Crippen LogP) is 5.18. The average molecular weight is 453 g/mol. The van der Waals surface area contributed by atoms with Crippen LogP contribution >= 0.6 is 23.2 Å². The maximum absolute atomic E-state index is 14.0. The SMILES string of the molecule is N#CC1=C(N)O[C@@H]2[C@H](C(C(F)(F)F)=NN2c2ccccc2)[C@H]1c1cc(Cl)ccc1Cl. The molecule has 2 aliphatic heterocycles. The Kier molecular flexibility index (Phi) is 5.04. The number of fused-ring (bicyclic) bond motifs is 1. The van der Waals surface area contributed by atoms with E-state index in [9.17, 15) is 18.4 Å². The molecule has 0 fully saturated rings. The van der Waals surface area contributed by atoms with Crippen LogP contribution in [0.25, 0.3) is 0 Å². The summed E-state index contributed by atoms with van der Waals surface area (Å²) in [6, 6.07) is 14.5. The smallest absolute Gasteiger partial charge is 0.431 e. The van der Waals surface area contributed by atoms with Gasteiger partial charge < -0.3 is 10.5 Å². The molecule has 2 aliphatic rings. The Balaban J connectivity index is 1.94. The number of ether oxygens (including phenoxy) is 1. The van der Waals surface area contributed by atoms with Crippen molar-refractivity contribution < 1.29 is 17.9 Å². The van der Waals surface area contributed by atoms with Gasteiger partial charge in [0.15, 0.2) is 5.71 Å². The lowest BCUT2D eigenvalue weighted by atomic mass is 9.76. The van der Waals surface area contributed by atoms with E-state index in [0.717, 1.165) is 5.01 Å². The Bertz CT molecular complexity index is 1100. The molecule has 0 aromatic heterocycles. The third kappa shape index (κ3) is 3.34. The fraction of sp³-hybridized carbons (Fsp3) is 0.200. The number of hydrazone groups is 1. The van der Waals surface area contributed by atoms with Crippen LogP contribution in [-0.2, 0) is 4.74 Å². The number of rotatable bonds is 2. The molecule has 30 heavy (non-hydrogen) atoms. The number of halogens is 5. The van der Waals surface area contributed by atoms with Gasteiger partial charge in [0.05, 0.1) is 17.2 Å². The molecule has 154 valence electrons. The molecule has 3 atom stereocenters. The van der Waals surface area contributed by atoms with Gasteiger partial charge in [-0.25, -0.2) is 5.01 Å². The van der Waals surface area contributed by atoms with Crippen molar-refractivity contribution in [1.82, 2.24) is 0 Å². The summed E-state index contributed by atoms with van der Waals surface area (Å²) < 4.78 is 47.6. The molecule has 0 spiro atoms. The van der Waals surface area contributed by atoms with Crippen LogP contribution < -0.4 is 10.7 Å². The van der Waals surface area contributed by atoms with E-state index in [1.165, 1.54) is 18.2 Å². The molecule has 2 aromatic carbocycles. The minimum Gasteiger partial charge on any atom is -0.452 e. The highest BCUT2D eigenvalue weighted by Gasteiger charge is 2.58. The Morgan fingerprint density at radius 2 is 1.83 bits per heavy atom. The summed E-state index contributed by atoms with van der Waals surface area (Å²) in [6.45, 7) is 0.